The van der Waals surface area contributed by atoms with Crippen LogP contribution in [0.2, 0.25) is 0 Å². The average molecular weight is 239 g/mol. The predicted octanol–water partition coefficient (Wildman–Crippen LogP) is 1.64. The highest BCUT2D eigenvalue weighted by atomic mass is 16.5. The zero-order chi connectivity index (χ0) is 12.5. The van der Waals surface area contributed by atoms with Crippen molar-refractivity contribution in [2.75, 3.05) is 30.8 Å². The van der Waals surface area contributed by atoms with Crippen molar-refractivity contribution in [3.63, 3.8) is 0 Å². The highest BCUT2D eigenvalue weighted by Crippen LogP contribution is 2.20. The molecule has 0 radical (unpaired) electrons. The first kappa shape index (κ1) is 13.6. The fourth-order valence-corrected chi connectivity index (χ4v) is 1.32. The van der Waals surface area contributed by atoms with Gasteiger partial charge in [-0.15, -0.1) is 0 Å². The summed E-state index contributed by atoms with van der Waals surface area (Å²) in [6.07, 6.45) is 2.63. The Bertz CT molecular complexity index is 332. The molecule has 0 bridgehead atoms. The number of nitrogens with two attached hydrogens (primary N) is 1. The Kier molecular flexibility index (Phi) is 6.17. The molecule has 1 heterocycles. The number of aliphatic hydroxyl groups is 1. The van der Waals surface area contributed by atoms with Gasteiger partial charge in [0.1, 0.15) is 5.82 Å². The van der Waals surface area contributed by atoms with Crippen LogP contribution < -0.4 is 15.8 Å². The van der Waals surface area contributed by atoms with Gasteiger partial charge in [-0.05, 0) is 31.4 Å². The summed E-state index contributed by atoms with van der Waals surface area (Å²) in [5.41, 5.74) is 6.31. The molecule has 0 fully saturated rings. The predicted molar refractivity (Wildman–Crippen MR) is 69.2 cm³/mol. The number of hydrogen-bond acceptors (Lipinski definition) is 5. The molecular weight excluding hydrogens is 218 g/mol. The lowest BCUT2D eigenvalue weighted by molar-refractivity contribution is 0.286. The summed E-state index contributed by atoms with van der Waals surface area (Å²) in [7, 11) is 0. The minimum Gasteiger partial charge on any atom is -0.476 e. The monoisotopic (exact) mass is 239 g/mol. The quantitative estimate of drug-likeness (QED) is 0.601. The van der Waals surface area contributed by atoms with Crippen LogP contribution in [0.5, 0.6) is 5.88 Å². The van der Waals surface area contributed by atoms with E-state index in [-0.39, 0.29) is 6.61 Å². The second kappa shape index (κ2) is 7.73. The van der Waals surface area contributed by atoms with Crippen molar-refractivity contribution in [2.24, 2.45) is 0 Å². The molecule has 0 saturated heterocycles. The highest BCUT2D eigenvalue weighted by Gasteiger charge is 2.03. The van der Waals surface area contributed by atoms with E-state index in [1.165, 1.54) is 0 Å². The molecule has 0 atom stereocenters. The molecule has 1 rings (SSSR count). The topological polar surface area (TPSA) is 80.4 Å². The van der Waals surface area contributed by atoms with E-state index in [1.807, 2.05) is 13.0 Å². The standard InChI is InChI=1S/C12H21N3O2/c1-2-9-17-12-10(13)5-6-11(15-12)14-7-3-4-8-16/h5-6,16H,2-4,7-9,13H2,1H3,(H,14,15). The number of aliphatic hydroxyl groups excluding tert-OH is 1. The molecular formula is C12H21N3O2. The molecule has 96 valence electrons. The van der Waals surface area contributed by atoms with E-state index in [4.69, 9.17) is 15.6 Å². The zero-order valence-electron chi connectivity index (χ0n) is 10.3. The van der Waals surface area contributed by atoms with Gasteiger partial charge in [-0.2, -0.15) is 4.98 Å². The molecule has 0 spiro atoms. The van der Waals surface area contributed by atoms with E-state index < -0.39 is 0 Å². The molecule has 0 saturated carbocycles. The van der Waals surface area contributed by atoms with Gasteiger partial charge in [-0.25, -0.2) is 0 Å². The van der Waals surface area contributed by atoms with Crippen LogP contribution in [0.1, 0.15) is 26.2 Å². The van der Waals surface area contributed by atoms with Crippen molar-refractivity contribution in [1.82, 2.24) is 4.98 Å². The summed E-state index contributed by atoms with van der Waals surface area (Å²) in [6.45, 7) is 3.66. The van der Waals surface area contributed by atoms with Crippen molar-refractivity contribution in [2.45, 2.75) is 26.2 Å². The molecule has 0 amide bonds. The Morgan fingerprint density at radius 2 is 2.24 bits per heavy atom. The van der Waals surface area contributed by atoms with E-state index in [1.54, 1.807) is 6.07 Å². The fraction of sp³-hybridized carbons (Fsp3) is 0.583. The largest absolute Gasteiger partial charge is 0.476 e. The maximum Gasteiger partial charge on any atom is 0.239 e. The van der Waals surface area contributed by atoms with E-state index in [2.05, 4.69) is 10.3 Å². The third-order valence-corrected chi connectivity index (χ3v) is 2.22. The number of unbranched alkanes of at least 4 members (excludes halogenated alkanes) is 1. The van der Waals surface area contributed by atoms with Crippen molar-refractivity contribution < 1.29 is 9.84 Å². The van der Waals surface area contributed by atoms with E-state index >= 15 is 0 Å². The minimum atomic E-state index is 0.224. The van der Waals surface area contributed by atoms with Crippen LogP contribution in [0.25, 0.3) is 0 Å². The number of pyridine rings is 1. The van der Waals surface area contributed by atoms with Gasteiger partial charge in [0.2, 0.25) is 5.88 Å². The lowest BCUT2D eigenvalue weighted by atomic mass is 10.3. The summed E-state index contributed by atoms with van der Waals surface area (Å²) in [4.78, 5) is 4.29. The van der Waals surface area contributed by atoms with Crippen LogP contribution in [-0.2, 0) is 0 Å². The molecule has 1 aromatic rings. The van der Waals surface area contributed by atoms with Gasteiger partial charge in [-0.1, -0.05) is 6.92 Å². The number of rotatable bonds is 8. The SMILES string of the molecule is CCCOc1nc(NCCCCO)ccc1N. The summed E-state index contributed by atoms with van der Waals surface area (Å²) in [5, 5.41) is 11.8. The molecule has 0 unspecified atom stereocenters. The Morgan fingerprint density at radius 1 is 1.41 bits per heavy atom. The summed E-state index contributed by atoms with van der Waals surface area (Å²) < 4.78 is 5.44. The van der Waals surface area contributed by atoms with Gasteiger partial charge < -0.3 is 20.9 Å². The first-order chi connectivity index (χ1) is 8.27. The first-order valence-corrected chi connectivity index (χ1v) is 6.02. The van der Waals surface area contributed by atoms with Crippen LogP contribution in [0.4, 0.5) is 11.5 Å². The van der Waals surface area contributed by atoms with Crippen LogP contribution in [0.15, 0.2) is 12.1 Å². The molecule has 17 heavy (non-hydrogen) atoms. The maximum absolute atomic E-state index is 8.66. The van der Waals surface area contributed by atoms with Gasteiger partial charge >= 0.3 is 0 Å². The van der Waals surface area contributed by atoms with Crippen LogP contribution >= 0.6 is 0 Å². The number of nitrogens with zero attached hydrogens (tertiary/aromatic N) is 1. The fourth-order valence-electron chi connectivity index (χ4n) is 1.32. The molecule has 0 aliphatic rings. The second-order valence-corrected chi connectivity index (χ2v) is 3.80. The maximum atomic E-state index is 8.66. The van der Waals surface area contributed by atoms with Gasteiger partial charge in [0.05, 0.1) is 12.3 Å². The highest BCUT2D eigenvalue weighted by molar-refractivity contribution is 5.53. The summed E-state index contributed by atoms with van der Waals surface area (Å²) in [5.74, 6) is 1.24. The first-order valence-electron chi connectivity index (χ1n) is 6.02. The van der Waals surface area contributed by atoms with Crippen LogP contribution in [0, 0.1) is 0 Å². The Balaban J connectivity index is 2.49. The summed E-state index contributed by atoms with van der Waals surface area (Å²) >= 11 is 0. The average Bonchev–Trinajstić information content (AvgIpc) is 2.35. The minimum absolute atomic E-state index is 0.224. The summed E-state index contributed by atoms with van der Waals surface area (Å²) in [6, 6.07) is 3.61. The number of anilines is 2. The van der Waals surface area contributed by atoms with E-state index in [0.717, 1.165) is 31.6 Å². The van der Waals surface area contributed by atoms with Crippen LogP contribution in [0.3, 0.4) is 0 Å². The molecule has 0 aliphatic heterocycles. The number of nitrogens with one attached hydrogen (secondary N) is 1. The zero-order valence-corrected chi connectivity index (χ0v) is 10.3. The van der Waals surface area contributed by atoms with Gasteiger partial charge in [0.25, 0.3) is 0 Å². The Morgan fingerprint density at radius 3 is 2.94 bits per heavy atom. The molecule has 4 N–H and O–H groups in total. The number of hydrogen-bond donors (Lipinski definition) is 3. The second-order valence-electron chi connectivity index (χ2n) is 3.80. The van der Waals surface area contributed by atoms with E-state index in [0.29, 0.717) is 18.2 Å². The molecule has 0 aromatic carbocycles. The lowest BCUT2D eigenvalue weighted by Crippen LogP contribution is -2.07. The Labute approximate surface area is 102 Å². The van der Waals surface area contributed by atoms with Crippen molar-refractivity contribution in [1.29, 1.82) is 0 Å². The smallest absolute Gasteiger partial charge is 0.239 e. The van der Waals surface area contributed by atoms with Gasteiger partial charge in [-0.3, -0.25) is 0 Å². The third kappa shape index (κ3) is 4.91. The Hall–Kier alpha value is -1.49. The van der Waals surface area contributed by atoms with Crippen molar-refractivity contribution in [3.05, 3.63) is 12.1 Å². The van der Waals surface area contributed by atoms with Crippen molar-refractivity contribution >= 4 is 11.5 Å². The van der Waals surface area contributed by atoms with Crippen molar-refractivity contribution in [3.8, 4) is 5.88 Å². The normalized spacial score (nSPS) is 10.2. The molecule has 1 aromatic heterocycles. The van der Waals surface area contributed by atoms with Gasteiger partial charge in [0, 0.05) is 13.2 Å². The number of ether oxygens (including phenoxy) is 1. The van der Waals surface area contributed by atoms with E-state index in [9.17, 15) is 0 Å². The lowest BCUT2D eigenvalue weighted by Gasteiger charge is -2.10. The number of aromatic nitrogens is 1. The molecule has 5 nitrogen and oxygen atoms in total. The van der Waals surface area contributed by atoms with Gasteiger partial charge in [0.15, 0.2) is 0 Å². The third-order valence-electron chi connectivity index (χ3n) is 2.22. The number of nitrogen functional groups attached to an aromatic ring is 1. The molecule has 0 aliphatic carbocycles. The molecule has 5 heteroatoms. The van der Waals surface area contributed by atoms with Crippen LogP contribution in [-0.4, -0.2) is 29.8 Å².